The van der Waals surface area contributed by atoms with Crippen molar-refractivity contribution in [1.82, 2.24) is 15.6 Å². The van der Waals surface area contributed by atoms with Gasteiger partial charge in [-0.3, -0.25) is 4.99 Å². The first kappa shape index (κ1) is 21.8. The van der Waals surface area contributed by atoms with Crippen molar-refractivity contribution < 1.29 is 31.1 Å². The highest BCUT2D eigenvalue weighted by atomic mass is 32.1. The molecular weight excluding hydrogens is 410 g/mol. The molecule has 0 aliphatic rings. The molecule has 0 aliphatic heterocycles. The van der Waals surface area contributed by atoms with E-state index in [0.717, 1.165) is 16.7 Å². The third-order valence-electron chi connectivity index (χ3n) is 3.28. The lowest BCUT2D eigenvalue weighted by Crippen LogP contribution is -2.36. The van der Waals surface area contributed by atoms with Gasteiger partial charge < -0.3 is 15.4 Å². The van der Waals surface area contributed by atoms with Crippen molar-refractivity contribution >= 4 is 17.3 Å². The Labute approximate surface area is 160 Å². The minimum absolute atomic E-state index is 0.00659. The second-order valence-electron chi connectivity index (χ2n) is 5.42. The van der Waals surface area contributed by atoms with E-state index in [-0.39, 0.29) is 29.8 Å². The molecule has 0 unspecified atom stereocenters. The number of guanidine groups is 1. The molecule has 0 spiro atoms. The SMILES string of the molecule is CN=C(NCc1nc(C(F)(F)F)cs1)NCc1ccccc1OCC(F)(F)F. The summed E-state index contributed by atoms with van der Waals surface area (Å²) in [5.74, 6) is 0.312. The van der Waals surface area contributed by atoms with Gasteiger partial charge in [0.05, 0.1) is 6.54 Å². The van der Waals surface area contributed by atoms with Crippen LogP contribution in [0.4, 0.5) is 26.3 Å². The molecule has 154 valence electrons. The highest BCUT2D eigenvalue weighted by Crippen LogP contribution is 2.30. The van der Waals surface area contributed by atoms with E-state index in [1.54, 1.807) is 18.2 Å². The fourth-order valence-electron chi connectivity index (χ4n) is 2.03. The zero-order valence-corrected chi connectivity index (χ0v) is 15.3. The van der Waals surface area contributed by atoms with Gasteiger partial charge in [-0.2, -0.15) is 26.3 Å². The number of aromatic nitrogens is 1. The summed E-state index contributed by atoms with van der Waals surface area (Å²) in [6, 6.07) is 6.18. The van der Waals surface area contributed by atoms with E-state index in [1.807, 2.05) is 0 Å². The Balaban J connectivity index is 1.91. The zero-order valence-electron chi connectivity index (χ0n) is 14.5. The molecule has 0 fully saturated rings. The molecule has 0 aliphatic carbocycles. The van der Waals surface area contributed by atoms with E-state index < -0.39 is 24.7 Å². The summed E-state index contributed by atoms with van der Waals surface area (Å²) in [5, 5.41) is 6.79. The predicted molar refractivity (Wildman–Crippen MR) is 92.1 cm³/mol. The van der Waals surface area contributed by atoms with Gasteiger partial charge in [-0.05, 0) is 6.07 Å². The first-order valence-corrected chi connectivity index (χ1v) is 8.70. The lowest BCUT2D eigenvalue weighted by atomic mass is 10.2. The molecule has 0 saturated heterocycles. The number of benzene rings is 1. The van der Waals surface area contributed by atoms with Crippen LogP contribution in [0, 0.1) is 0 Å². The van der Waals surface area contributed by atoms with Crippen LogP contribution in [0.2, 0.25) is 0 Å². The van der Waals surface area contributed by atoms with Crippen molar-refractivity contribution in [1.29, 1.82) is 0 Å². The Morgan fingerprint density at radius 3 is 2.39 bits per heavy atom. The van der Waals surface area contributed by atoms with Gasteiger partial charge in [0.25, 0.3) is 0 Å². The molecule has 2 rings (SSSR count). The van der Waals surface area contributed by atoms with Gasteiger partial charge in [0.2, 0.25) is 0 Å². The van der Waals surface area contributed by atoms with Gasteiger partial charge in [0.15, 0.2) is 18.3 Å². The van der Waals surface area contributed by atoms with E-state index in [0.29, 0.717) is 5.56 Å². The summed E-state index contributed by atoms with van der Waals surface area (Å²) in [5.41, 5.74) is -0.503. The lowest BCUT2D eigenvalue weighted by molar-refractivity contribution is -0.153. The number of alkyl halides is 6. The molecule has 0 radical (unpaired) electrons. The largest absolute Gasteiger partial charge is 0.484 e. The standard InChI is InChI=1S/C16H16F6N4OS/c1-23-14(25-7-13-26-12(8-28-13)16(20,21)22)24-6-10-4-2-3-5-11(10)27-9-15(17,18)19/h2-5,8H,6-7,9H2,1H3,(H2,23,24,25). The molecule has 2 N–H and O–H groups in total. The topological polar surface area (TPSA) is 58.5 Å². The molecule has 28 heavy (non-hydrogen) atoms. The molecule has 0 atom stereocenters. The number of para-hydroxylation sites is 1. The van der Waals surface area contributed by atoms with Gasteiger partial charge >= 0.3 is 12.4 Å². The fourth-order valence-corrected chi connectivity index (χ4v) is 2.77. The van der Waals surface area contributed by atoms with Crippen molar-refractivity contribution in [2.45, 2.75) is 25.4 Å². The lowest BCUT2D eigenvalue weighted by Gasteiger charge is -2.15. The Bertz CT molecular complexity index is 803. The molecule has 2 aromatic rings. The van der Waals surface area contributed by atoms with Crippen molar-refractivity contribution in [3.63, 3.8) is 0 Å². The van der Waals surface area contributed by atoms with Gasteiger partial charge in [0, 0.05) is 24.5 Å². The molecular formula is C16H16F6N4OS. The van der Waals surface area contributed by atoms with Crippen LogP contribution < -0.4 is 15.4 Å². The molecule has 12 heteroatoms. The molecule has 1 aromatic carbocycles. The number of aliphatic imine (C=N–C) groups is 1. The van der Waals surface area contributed by atoms with Gasteiger partial charge in [-0.25, -0.2) is 4.98 Å². The van der Waals surface area contributed by atoms with Crippen molar-refractivity contribution in [2.75, 3.05) is 13.7 Å². The summed E-state index contributed by atoms with van der Waals surface area (Å²) in [4.78, 5) is 7.41. The zero-order chi connectivity index (χ0) is 20.8. The third kappa shape index (κ3) is 6.91. The Hall–Kier alpha value is -2.50. The summed E-state index contributed by atoms with van der Waals surface area (Å²) in [7, 11) is 1.45. The maximum Gasteiger partial charge on any atom is 0.434 e. The summed E-state index contributed by atoms with van der Waals surface area (Å²) < 4.78 is 79.5. The third-order valence-corrected chi connectivity index (χ3v) is 4.13. The highest BCUT2D eigenvalue weighted by molar-refractivity contribution is 7.09. The summed E-state index contributed by atoms with van der Waals surface area (Å²) in [6.07, 6.45) is -8.96. The average Bonchev–Trinajstić information content (AvgIpc) is 3.09. The number of halogens is 6. The van der Waals surface area contributed by atoms with E-state index in [1.165, 1.54) is 13.1 Å². The molecule has 1 heterocycles. The van der Waals surface area contributed by atoms with Crippen LogP contribution in [0.3, 0.4) is 0 Å². The number of rotatable bonds is 6. The van der Waals surface area contributed by atoms with Gasteiger partial charge in [-0.1, -0.05) is 18.2 Å². The van der Waals surface area contributed by atoms with Crippen LogP contribution >= 0.6 is 11.3 Å². The molecule has 0 amide bonds. The van der Waals surface area contributed by atoms with Crippen LogP contribution in [0.5, 0.6) is 5.75 Å². The Morgan fingerprint density at radius 1 is 1.11 bits per heavy atom. The molecule has 0 bridgehead atoms. The fraction of sp³-hybridized carbons (Fsp3) is 0.375. The number of hydrogen-bond donors (Lipinski definition) is 2. The Kier molecular flexibility index (Phi) is 7.11. The molecule has 0 saturated carbocycles. The van der Waals surface area contributed by atoms with Crippen molar-refractivity contribution in [3.8, 4) is 5.75 Å². The summed E-state index contributed by atoms with van der Waals surface area (Å²) in [6.45, 7) is -1.31. The van der Waals surface area contributed by atoms with Crippen LogP contribution in [-0.4, -0.2) is 30.8 Å². The Morgan fingerprint density at radius 2 is 1.79 bits per heavy atom. The van der Waals surface area contributed by atoms with Gasteiger partial charge in [-0.15, -0.1) is 11.3 Å². The molecule has 1 aromatic heterocycles. The maximum atomic E-state index is 12.6. The second-order valence-corrected chi connectivity index (χ2v) is 6.36. The second kappa shape index (κ2) is 9.13. The van der Waals surface area contributed by atoms with Crippen LogP contribution in [0.1, 0.15) is 16.3 Å². The van der Waals surface area contributed by atoms with Gasteiger partial charge in [0.1, 0.15) is 10.8 Å². The number of ether oxygens (including phenoxy) is 1. The van der Waals surface area contributed by atoms with Crippen LogP contribution in [0.25, 0.3) is 0 Å². The number of thiazole rings is 1. The first-order chi connectivity index (χ1) is 13.1. The van der Waals surface area contributed by atoms with E-state index in [4.69, 9.17) is 4.74 Å². The van der Waals surface area contributed by atoms with E-state index >= 15 is 0 Å². The van der Waals surface area contributed by atoms with Crippen LogP contribution in [-0.2, 0) is 19.3 Å². The minimum Gasteiger partial charge on any atom is -0.484 e. The normalized spacial score (nSPS) is 12.8. The predicted octanol–water partition coefficient (Wildman–Crippen LogP) is 3.97. The number of nitrogens with one attached hydrogen (secondary N) is 2. The quantitative estimate of drug-likeness (QED) is 0.417. The number of nitrogens with zero attached hydrogens (tertiary/aromatic N) is 2. The molecule has 5 nitrogen and oxygen atoms in total. The maximum absolute atomic E-state index is 12.6. The van der Waals surface area contributed by atoms with Crippen molar-refractivity contribution in [2.24, 2.45) is 4.99 Å². The monoisotopic (exact) mass is 426 g/mol. The van der Waals surface area contributed by atoms with Crippen molar-refractivity contribution in [3.05, 3.63) is 45.9 Å². The number of hydrogen-bond acceptors (Lipinski definition) is 4. The van der Waals surface area contributed by atoms with E-state index in [2.05, 4.69) is 20.6 Å². The minimum atomic E-state index is -4.51. The smallest absolute Gasteiger partial charge is 0.434 e. The average molecular weight is 426 g/mol. The van der Waals surface area contributed by atoms with E-state index in [9.17, 15) is 26.3 Å². The highest BCUT2D eigenvalue weighted by Gasteiger charge is 2.33. The van der Waals surface area contributed by atoms with Crippen LogP contribution in [0.15, 0.2) is 34.6 Å². The first-order valence-electron chi connectivity index (χ1n) is 7.82. The summed E-state index contributed by atoms with van der Waals surface area (Å²) >= 11 is 0.852.